The molecule has 12 heteroatoms. The van der Waals surface area contributed by atoms with Gasteiger partial charge in [0, 0.05) is 23.7 Å². The van der Waals surface area contributed by atoms with E-state index in [0.717, 1.165) is 4.31 Å². The zero-order chi connectivity index (χ0) is 24.7. The maximum absolute atomic E-state index is 13.3. The summed E-state index contributed by atoms with van der Waals surface area (Å²) < 4.78 is 40.5. The van der Waals surface area contributed by atoms with E-state index in [1.807, 2.05) is 0 Å². The van der Waals surface area contributed by atoms with Crippen LogP contribution in [0.25, 0.3) is 0 Å². The van der Waals surface area contributed by atoms with Gasteiger partial charge in [-0.3, -0.25) is 14.9 Å². The fourth-order valence-corrected chi connectivity index (χ4v) is 4.34. The Morgan fingerprint density at radius 2 is 1.68 bits per heavy atom. The largest absolute Gasteiger partial charge is 0.272 e. The molecule has 0 unspecified atom stereocenters. The van der Waals surface area contributed by atoms with Crippen molar-refractivity contribution in [1.29, 1.82) is 0 Å². The Kier molecular flexibility index (Phi) is 8.05. The molecule has 0 atom stereocenters. The molecule has 9 nitrogen and oxygen atoms in total. The highest BCUT2D eigenvalue weighted by molar-refractivity contribution is 7.89. The first kappa shape index (κ1) is 25.0. The molecule has 0 aliphatic rings. The first-order valence-electron chi connectivity index (χ1n) is 9.72. The maximum atomic E-state index is 13.3. The standard InChI is InChI=1S/C22H18ClFN4O5S/c23-18-5-11-21(12-6-18)34(32,33)27(14-17-1-7-19(24)8-2-17)15-22(29)26-25-13-16-3-9-20(10-4-16)28(30)31/h1-13H,14-15H2,(H,26,29)/b25-13-. The first-order valence-corrected chi connectivity index (χ1v) is 11.5. The SMILES string of the molecule is O=C(CN(Cc1ccc(F)cc1)S(=O)(=O)c1ccc(Cl)cc1)N/N=C\c1ccc([N+](=O)[O-])cc1. The van der Waals surface area contributed by atoms with E-state index >= 15 is 0 Å². The number of rotatable bonds is 9. The average Bonchev–Trinajstić information content (AvgIpc) is 2.80. The Bertz CT molecular complexity index is 1300. The van der Waals surface area contributed by atoms with E-state index in [-0.39, 0.29) is 17.1 Å². The van der Waals surface area contributed by atoms with Crippen molar-refractivity contribution in [3.63, 3.8) is 0 Å². The summed E-state index contributed by atoms with van der Waals surface area (Å²) in [6.07, 6.45) is 1.26. The number of halogens is 2. The molecule has 176 valence electrons. The topological polar surface area (TPSA) is 122 Å². The Labute approximate surface area is 199 Å². The highest BCUT2D eigenvalue weighted by Gasteiger charge is 2.27. The molecule has 0 aliphatic carbocycles. The summed E-state index contributed by atoms with van der Waals surface area (Å²) in [6.45, 7) is -0.759. The Morgan fingerprint density at radius 1 is 1.06 bits per heavy atom. The number of hydrazone groups is 1. The number of non-ortho nitro benzene ring substituents is 1. The number of amides is 1. The van der Waals surface area contributed by atoms with Gasteiger partial charge in [0.25, 0.3) is 11.6 Å². The second kappa shape index (κ2) is 11.0. The third-order valence-corrected chi connectivity index (χ3v) is 6.61. The van der Waals surface area contributed by atoms with Gasteiger partial charge >= 0.3 is 0 Å². The number of hydrogen-bond acceptors (Lipinski definition) is 6. The monoisotopic (exact) mass is 504 g/mol. The van der Waals surface area contributed by atoms with Gasteiger partial charge in [-0.15, -0.1) is 0 Å². The fraction of sp³-hybridized carbons (Fsp3) is 0.0909. The zero-order valence-corrected chi connectivity index (χ0v) is 19.0. The highest BCUT2D eigenvalue weighted by Crippen LogP contribution is 2.20. The van der Waals surface area contributed by atoms with Crippen LogP contribution < -0.4 is 5.43 Å². The molecule has 1 amide bonds. The molecule has 3 aromatic rings. The van der Waals surface area contributed by atoms with Gasteiger partial charge in [0.2, 0.25) is 10.0 Å². The molecule has 0 heterocycles. The molecule has 0 spiro atoms. The van der Waals surface area contributed by atoms with Gasteiger partial charge in [-0.05, 0) is 59.7 Å². The van der Waals surface area contributed by atoms with Crippen LogP contribution in [0.2, 0.25) is 5.02 Å². The molecule has 3 rings (SSSR count). The van der Waals surface area contributed by atoms with Crippen molar-refractivity contribution < 1.29 is 22.5 Å². The van der Waals surface area contributed by atoms with Gasteiger partial charge in [-0.25, -0.2) is 18.2 Å². The summed E-state index contributed by atoms with van der Waals surface area (Å²) in [4.78, 5) is 22.6. The van der Waals surface area contributed by atoms with Gasteiger partial charge in [-0.1, -0.05) is 23.7 Å². The van der Waals surface area contributed by atoms with Crippen LogP contribution in [-0.2, 0) is 21.4 Å². The van der Waals surface area contributed by atoms with Crippen molar-refractivity contribution in [2.75, 3.05) is 6.54 Å². The predicted molar refractivity (Wildman–Crippen MR) is 124 cm³/mol. The lowest BCUT2D eigenvalue weighted by molar-refractivity contribution is -0.384. The lowest BCUT2D eigenvalue weighted by Crippen LogP contribution is -2.39. The molecule has 0 fully saturated rings. The van der Waals surface area contributed by atoms with E-state index in [1.165, 1.54) is 79.0 Å². The zero-order valence-electron chi connectivity index (χ0n) is 17.5. The van der Waals surface area contributed by atoms with Gasteiger partial charge in [-0.2, -0.15) is 9.41 Å². The molecule has 0 saturated heterocycles. The molecule has 0 aromatic heterocycles. The van der Waals surface area contributed by atoms with E-state index in [4.69, 9.17) is 11.6 Å². The van der Waals surface area contributed by atoms with Crippen molar-refractivity contribution in [3.05, 3.63) is 105 Å². The molecule has 0 saturated carbocycles. The quantitative estimate of drug-likeness (QED) is 0.270. The lowest BCUT2D eigenvalue weighted by atomic mass is 10.2. The number of benzene rings is 3. The van der Waals surface area contributed by atoms with Crippen LogP contribution in [0.15, 0.2) is 82.8 Å². The van der Waals surface area contributed by atoms with E-state index in [1.54, 1.807) is 0 Å². The molecule has 1 N–H and O–H groups in total. The molecule has 0 aliphatic heterocycles. The Hall–Kier alpha value is -3.67. The van der Waals surface area contributed by atoms with Crippen LogP contribution in [-0.4, -0.2) is 36.3 Å². The van der Waals surface area contributed by atoms with Crippen LogP contribution in [0.4, 0.5) is 10.1 Å². The minimum Gasteiger partial charge on any atom is -0.272 e. The number of nitro groups is 1. The normalized spacial score (nSPS) is 11.6. The number of nitro benzene ring substituents is 1. The molecule has 0 radical (unpaired) electrons. The number of hydrogen-bond donors (Lipinski definition) is 1. The van der Waals surface area contributed by atoms with Gasteiger partial charge in [0.05, 0.1) is 22.6 Å². The van der Waals surface area contributed by atoms with Crippen LogP contribution in [0, 0.1) is 15.9 Å². The van der Waals surface area contributed by atoms with Crippen molar-refractivity contribution in [2.45, 2.75) is 11.4 Å². The Morgan fingerprint density at radius 3 is 2.26 bits per heavy atom. The van der Waals surface area contributed by atoms with Gasteiger partial charge in [0.1, 0.15) is 5.82 Å². The minimum atomic E-state index is -4.11. The van der Waals surface area contributed by atoms with E-state index in [0.29, 0.717) is 16.1 Å². The van der Waals surface area contributed by atoms with Crippen molar-refractivity contribution in [1.82, 2.24) is 9.73 Å². The number of sulfonamides is 1. The van der Waals surface area contributed by atoms with Crippen molar-refractivity contribution >= 4 is 39.4 Å². The molecule has 34 heavy (non-hydrogen) atoms. The second-order valence-corrected chi connectivity index (χ2v) is 9.37. The van der Waals surface area contributed by atoms with Crippen LogP contribution in [0.1, 0.15) is 11.1 Å². The fourth-order valence-electron chi connectivity index (χ4n) is 2.83. The van der Waals surface area contributed by atoms with Crippen LogP contribution >= 0.6 is 11.6 Å². The molecule has 3 aromatic carbocycles. The predicted octanol–water partition coefficient (Wildman–Crippen LogP) is 3.73. The minimum absolute atomic E-state index is 0.0683. The highest BCUT2D eigenvalue weighted by atomic mass is 35.5. The van der Waals surface area contributed by atoms with Crippen LogP contribution in [0.5, 0.6) is 0 Å². The Balaban J connectivity index is 1.75. The number of nitrogens with one attached hydrogen (secondary N) is 1. The van der Waals surface area contributed by atoms with Gasteiger partial charge in [0.15, 0.2) is 0 Å². The van der Waals surface area contributed by atoms with Gasteiger partial charge < -0.3 is 0 Å². The number of carbonyl (C=O) groups is 1. The second-order valence-electron chi connectivity index (χ2n) is 7.00. The summed E-state index contributed by atoms with van der Waals surface area (Å²) in [5, 5.41) is 14.8. The summed E-state index contributed by atoms with van der Waals surface area (Å²) in [5.41, 5.74) is 3.11. The maximum Gasteiger partial charge on any atom is 0.269 e. The van der Waals surface area contributed by atoms with Crippen molar-refractivity contribution in [2.24, 2.45) is 5.10 Å². The summed E-state index contributed by atoms with van der Waals surface area (Å²) in [6, 6.07) is 16.2. The molecule has 0 bridgehead atoms. The van der Waals surface area contributed by atoms with Crippen LogP contribution in [0.3, 0.4) is 0 Å². The molecular formula is C22H18ClFN4O5S. The van der Waals surface area contributed by atoms with E-state index in [9.17, 15) is 27.7 Å². The third-order valence-electron chi connectivity index (χ3n) is 4.55. The third kappa shape index (κ3) is 6.67. The summed E-state index contributed by atoms with van der Waals surface area (Å²) in [7, 11) is -4.11. The smallest absolute Gasteiger partial charge is 0.269 e. The first-order chi connectivity index (χ1) is 16.1. The number of carbonyl (C=O) groups excluding carboxylic acids is 1. The van der Waals surface area contributed by atoms with E-state index < -0.39 is 33.2 Å². The van der Waals surface area contributed by atoms with Crippen molar-refractivity contribution in [3.8, 4) is 0 Å². The van der Waals surface area contributed by atoms with E-state index in [2.05, 4.69) is 10.5 Å². The molecular weight excluding hydrogens is 487 g/mol. The summed E-state index contributed by atoms with van der Waals surface area (Å²) >= 11 is 5.84. The number of nitrogens with zero attached hydrogens (tertiary/aromatic N) is 3. The average molecular weight is 505 g/mol. The lowest BCUT2D eigenvalue weighted by Gasteiger charge is -2.21. The summed E-state index contributed by atoms with van der Waals surface area (Å²) in [5.74, 6) is -1.20.